The predicted molar refractivity (Wildman–Crippen MR) is 70.7 cm³/mol. The van der Waals surface area contributed by atoms with Gasteiger partial charge in [-0.15, -0.1) is 11.3 Å². The first kappa shape index (κ1) is 13.5. The minimum Gasteiger partial charge on any atom is -0.469 e. The maximum atomic E-state index is 13.0. The van der Waals surface area contributed by atoms with Gasteiger partial charge in [-0.25, -0.2) is 4.39 Å². The first-order chi connectivity index (χ1) is 9.10. The maximum Gasteiger partial charge on any atom is 0.307 e. The second kappa shape index (κ2) is 5.79. The molecule has 2 rings (SSSR count). The van der Waals surface area contributed by atoms with Crippen LogP contribution in [-0.4, -0.2) is 25.5 Å². The Morgan fingerprint density at radius 1 is 1.37 bits per heavy atom. The number of esters is 1. The van der Waals surface area contributed by atoms with Crippen molar-refractivity contribution in [1.29, 1.82) is 0 Å². The van der Waals surface area contributed by atoms with Crippen LogP contribution >= 0.6 is 11.3 Å². The SMILES string of the molecule is COC(=O)CCNC(=O)c1cc2ccc(F)cc2s1. The van der Waals surface area contributed by atoms with Crippen LogP contribution in [0.1, 0.15) is 16.1 Å². The summed E-state index contributed by atoms with van der Waals surface area (Å²) < 4.78 is 18.2. The molecule has 1 amide bonds. The zero-order valence-corrected chi connectivity index (χ0v) is 11.1. The average Bonchev–Trinajstić information content (AvgIpc) is 2.81. The molecule has 0 fully saturated rings. The third kappa shape index (κ3) is 3.29. The second-order valence-corrected chi connectivity index (χ2v) is 4.96. The van der Waals surface area contributed by atoms with Gasteiger partial charge in [0.1, 0.15) is 5.82 Å². The van der Waals surface area contributed by atoms with E-state index in [1.165, 1.54) is 30.6 Å². The Labute approximate surface area is 113 Å². The van der Waals surface area contributed by atoms with Crippen molar-refractivity contribution in [2.24, 2.45) is 0 Å². The molecule has 0 aliphatic rings. The third-order valence-electron chi connectivity index (χ3n) is 2.55. The van der Waals surface area contributed by atoms with Crippen LogP contribution in [0.2, 0.25) is 0 Å². The van der Waals surface area contributed by atoms with E-state index in [4.69, 9.17) is 0 Å². The molecule has 0 aliphatic heterocycles. The quantitative estimate of drug-likeness (QED) is 0.875. The number of rotatable bonds is 4. The van der Waals surface area contributed by atoms with Crippen molar-refractivity contribution in [2.45, 2.75) is 6.42 Å². The fourth-order valence-corrected chi connectivity index (χ4v) is 2.59. The van der Waals surface area contributed by atoms with Crippen LogP contribution in [-0.2, 0) is 9.53 Å². The van der Waals surface area contributed by atoms with Crippen molar-refractivity contribution in [2.75, 3.05) is 13.7 Å². The van der Waals surface area contributed by atoms with Crippen LogP contribution in [0.3, 0.4) is 0 Å². The number of thiophene rings is 1. The Morgan fingerprint density at radius 2 is 2.16 bits per heavy atom. The lowest BCUT2D eigenvalue weighted by atomic mass is 10.2. The van der Waals surface area contributed by atoms with Gasteiger partial charge in [0.25, 0.3) is 5.91 Å². The monoisotopic (exact) mass is 281 g/mol. The maximum absolute atomic E-state index is 13.0. The summed E-state index contributed by atoms with van der Waals surface area (Å²) in [6.07, 6.45) is 0.127. The van der Waals surface area contributed by atoms with Crippen LogP contribution in [0.25, 0.3) is 10.1 Å². The van der Waals surface area contributed by atoms with Gasteiger partial charge in [0.2, 0.25) is 0 Å². The average molecular weight is 281 g/mol. The molecule has 0 bridgehead atoms. The molecule has 1 heterocycles. The Bertz CT molecular complexity index is 623. The Hall–Kier alpha value is -1.95. The smallest absolute Gasteiger partial charge is 0.307 e. The van der Waals surface area contributed by atoms with E-state index in [0.717, 1.165) is 10.1 Å². The number of carbonyl (C=O) groups excluding carboxylic acids is 2. The molecule has 0 atom stereocenters. The fourth-order valence-electron chi connectivity index (χ4n) is 1.58. The Kier molecular flexibility index (Phi) is 4.11. The number of hydrogen-bond donors (Lipinski definition) is 1. The molecule has 6 heteroatoms. The first-order valence-electron chi connectivity index (χ1n) is 5.64. The predicted octanol–water partition coefficient (Wildman–Crippen LogP) is 2.33. The number of methoxy groups -OCH3 is 1. The van der Waals surface area contributed by atoms with Gasteiger partial charge >= 0.3 is 5.97 Å². The van der Waals surface area contributed by atoms with E-state index in [9.17, 15) is 14.0 Å². The molecular formula is C13H12FNO3S. The Morgan fingerprint density at radius 3 is 2.89 bits per heavy atom. The van der Waals surface area contributed by atoms with Crippen molar-refractivity contribution in [3.8, 4) is 0 Å². The molecule has 0 saturated carbocycles. The van der Waals surface area contributed by atoms with E-state index in [0.29, 0.717) is 4.88 Å². The van der Waals surface area contributed by atoms with E-state index in [1.807, 2.05) is 0 Å². The van der Waals surface area contributed by atoms with Crippen molar-refractivity contribution in [3.63, 3.8) is 0 Å². The zero-order valence-electron chi connectivity index (χ0n) is 10.2. The van der Waals surface area contributed by atoms with Crippen LogP contribution in [0.4, 0.5) is 4.39 Å². The second-order valence-electron chi connectivity index (χ2n) is 3.87. The molecule has 0 radical (unpaired) electrons. The highest BCUT2D eigenvalue weighted by atomic mass is 32.1. The van der Waals surface area contributed by atoms with Crippen LogP contribution < -0.4 is 5.32 Å². The van der Waals surface area contributed by atoms with Gasteiger partial charge in [0.15, 0.2) is 0 Å². The van der Waals surface area contributed by atoms with Gasteiger partial charge in [-0.05, 0) is 23.6 Å². The van der Waals surface area contributed by atoms with E-state index >= 15 is 0 Å². The van der Waals surface area contributed by atoms with Crippen LogP contribution in [0.15, 0.2) is 24.3 Å². The van der Waals surface area contributed by atoms with Crippen molar-refractivity contribution in [1.82, 2.24) is 5.32 Å². The lowest BCUT2D eigenvalue weighted by Crippen LogP contribution is -2.25. The van der Waals surface area contributed by atoms with E-state index in [1.54, 1.807) is 12.1 Å². The summed E-state index contributed by atoms with van der Waals surface area (Å²) in [5.41, 5.74) is 0. The fraction of sp³-hybridized carbons (Fsp3) is 0.231. The lowest BCUT2D eigenvalue weighted by molar-refractivity contribution is -0.140. The minimum absolute atomic E-state index is 0.127. The number of ether oxygens (including phenoxy) is 1. The normalized spacial score (nSPS) is 10.4. The molecule has 4 nitrogen and oxygen atoms in total. The number of amides is 1. The highest BCUT2D eigenvalue weighted by molar-refractivity contribution is 7.20. The number of nitrogens with one attached hydrogen (secondary N) is 1. The summed E-state index contributed by atoms with van der Waals surface area (Å²) >= 11 is 1.22. The third-order valence-corrected chi connectivity index (χ3v) is 3.64. The Balaban J connectivity index is 2.03. The summed E-state index contributed by atoms with van der Waals surface area (Å²) in [6.45, 7) is 0.216. The van der Waals surface area contributed by atoms with Crippen molar-refractivity contribution in [3.05, 3.63) is 35.0 Å². The summed E-state index contributed by atoms with van der Waals surface area (Å²) in [7, 11) is 1.30. The van der Waals surface area contributed by atoms with Gasteiger partial charge in [0.05, 0.1) is 18.4 Å². The summed E-state index contributed by atoms with van der Waals surface area (Å²) in [6, 6.07) is 6.08. The standard InChI is InChI=1S/C13H12FNO3S/c1-18-12(16)4-5-15-13(17)11-6-8-2-3-9(14)7-10(8)19-11/h2-3,6-7H,4-5H2,1H3,(H,15,17). The van der Waals surface area contributed by atoms with Crippen LogP contribution in [0.5, 0.6) is 0 Å². The van der Waals surface area contributed by atoms with Gasteiger partial charge in [-0.2, -0.15) is 0 Å². The molecule has 1 aromatic heterocycles. The van der Waals surface area contributed by atoms with Gasteiger partial charge in [-0.1, -0.05) is 6.07 Å². The van der Waals surface area contributed by atoms with Crippen molar-refractivity contribution >= 4 is 33.3 Å². The number of hydrogen-bond acceptors (Lipinski definition) is 4. The van der Waals surface area contributed by atoms with Gasteiger partial charge < -0.3 is 10.1 Å². The highest BCUT2D eigenvalue weighted by Crippen LogP contribution is 2.26. The summed E-state index contributed by atoms with van der Waals surface area (Å²) in [4.78, 5) is 23.2. The van der Waals surface area contributed by atoms with E-state index in [-0.39, 0.29) is 30.7 Å². The summed E-state index contributed by atoms with van der Waals surface area (Å²) in [5, 5.41) is 3.44. The highest BCUT2D eigenvalue weighted by Gasteiger charge is 2.11. The molecule has 0 saturated heterocycles. The number of carbonyl (C=O) groups is 2. The van der Waals surface area contributed by atoms with Gasteiger partial charge in [-0.3, -0.25) is 9.59 Å². The molecule has 1 N–H and O–H groups in total. The molecular weight excluding hydrogens is 269 g/mol. The van der Waals surface area contributed by atoms with E-state index < -0.39 is 0 Å². The molecule has 1 aromatic carbocycles. The minimum atomic E-state index is -0.376. The van der Waals surface area contributed by atoms with Crippen molar-refractivity contribution < 1.29 is 18.7 Å². The van der Waals surface area contributed by atoms with Gasteiger partial charge in [0, 0.05) is 11.2 Å². The molecule has 0 spiro atoms. The molecule has 100 valence electrons. The molecule has 0 unspecified atom stereocenters. The zero-order chi connectivity index (χ0) is 13.8. The lowest BCUT2D eigenvalue weighted by Gasteiger charge is -2.01. The molecule has 0 aliphatic carbocycles. The number of halogens is 1. The molecule has 19 heavy (non-hydrogen) atoms. The summed E-state index contributed by atoms with van der Waals surface area (Å²) in [5.74, 6) is -0.976. The number of benzene rings is 1. The topological polar surface area (TPSA) is 55.4 Å². The van der Waals surface area contributed by atoms with E-state index in [2.05, 4.69) is 10.1 Å². The number of fused-ring (bicyclic) bond motifs is 1. The van der Waals surface area contributed by atoms with Crippen LogP contribution in [0, 0.1) is 5.82 Å². The molecule has 2 aromatic rings. The first-order valence-corrected chi connectivity index (χ1v) is 6.46. The largest absolute Gasteiger partial charge is 0.469 e.